The van der Waals surface area contributed by atoms with Gasteiger partial charge in [0.15, 0.2) is 0 Å². The Morgan fingerprint density at radius 2 is 1.94 bits per heavy atom. The first-order valence-corrected chi connectivity index (χ1v) is 7.44. The van der Waals surface area contributed by atoms with Crippen LogP contribution in [0.3, 0.4) is 0 Å². The van der Waals surface area contributed by atoms with Crippen LogP contribution in [0.15, 0.2) is 5.38 Å². The van der Waals surface area contributed by atoms with Crippen LogP contribution in [0.4, 0.5) is 0 Å². The van der Waals surface area contributed by atoms with Crippen molar-refractivity contribution in [1.82, 2.24) is 4.98 Å². The van der Waals surface area contributed by atoms with E-state index in [0.29, 0.717) is 5.92 Å². The molecular weight excluding hydrogens is 246 g/mol. The summed E-state index contributed by atoms with van der Waals surface area (Å²) in [5.74, 6) is -0.298. The highest BCUT2D eigenvalue weighted by atomic mass is 32.1. The average molecular weight is 267 g/mol. The maximum absolute atomic E-state index is 10.9. The molecule has 1 heterocycles. The molecule has 1 fully saturated rings. The predicted octanol–water partition coefficient (Wildman–Crippen LogP) is 3.80. The van der Waals surface area contributed by atoms with Crippen LogP contribution in [0, 0.1) is 5.92 Å². The van der Waals surface area contributed by atoms with Gasteiger partial charge < -0.3 is 5.11 Å². The van der Waals surface area contributed by atoms with E-state index in [1.165, 1.54) is 5.01 Å². The van der Waals surface area contributed by atoms with Crippen LogP contribution in [0.5, 0.6) is 0 Å². The van der Waals surface area contributed by atoms with E-state index >= 15 is 0 Å². The van der Waals surface area contributed by atoms with Crippen molar-refractivity contribution in [2.45, 2.75) is 57.8 Å². The number of rotatable bonds is 2. The molecule has 18 heavy (non-hydrogen) atoms. The highest BCUT2D eigenvalue weighted by Crippen LogP contribution is 2.38. The summed E-state index contributed by atoms with van der Waals surface area (Å²) in [6, 6.07) is 0. The van der Waals surface area contributed by atoms with Gasteiger partial charge in [0.05, 0.1) is 16.6 Å². The third-order valence-corrected chi connectivity index (χ3v) is 4.72. The van der Waals surface area contributed by atoms with Gasteiger partial charge in [-0.05, 0) is 25.7 Å². The van der Waals surface area contributed by atoms with E-state index in [-0.39, 0.29) is 11.3 Å². The Bertz CT molecular complexity index is 425. The number of carbonyl (C=O) groups is 1. The molecule has 1 saturated carbocycles. The maximum atomic E-state index is 10.9. The Morgan fingerprint density at radius 1 is 1.33 bits per heavy atom. The molecule has 4 heteroatoms. The first-order valence-electron chi connectivity index (χ1n) is 6.56. The van der Waals surface area contributed by atoms with Crippen molar-refractivity contribution in [3.63, 3.8) is 0 Å². The number of thiazole rings is 1. The smallest absolute Gasteiger partial charge is 0.306 e. The number of carboxylic acid groups (broad SMARTS) is 1. The van der Waals surface area contributed by atoms with Crippen molar-refractivity contribution in [3.05, 3.63) is 16.1 Å². The van der Waals surface area contributed by atoms with Gasteiger partial charge >= 0.3 is 5.97 Å². The van der Waals surface area contributed by atoms with Gasteiger partial charge in [-0.2, -0.15) is 0 Å². The highest BCUT2D eigenvalue weighted by Gasteiger charge is 2.29. The Hall–Kier alpha value is -0.900. The lowest BCUT2D eigenvalue weighted by molar-refractivity contribution is -0.142. The van der Waals surface area contributed by atoms with Gasteiger partial charge in [0.1, 0.15) is 0 Å². The molecule has 0 aliphatic heterocycles. The van der Waals surface area contributed by atoms with Crippen LogP contribution in [0.25, 0.3) is 0 Å². The molecule has 0 spiro atoms. The molecule has 0 unspecified atom stereocenters. The second-order valence-electron chi connectivity index (χ2n) is 6.21. The minimum atomic E-state index is -0.636. The molecule has 0 atom stereocenters. The Morgan fingerprint density at radius 3 is 2.39 bits per heavy atom. The van der Waals surface area contributed by atoms with E-state index in [4.69, 9.17) is 10.1 Å². The van der Waals surface area contributed by atoms with Gasteiger partial charge in [-0.25, -0.2) is 4.98 Å². The van der Waals surface area contributed by atoms with Crippen LogP contribution >= 0.6 is 11.3 Å². The summed E-state index contributed by atoms with van der Waals surface area (Å²) in [5, 5.41) is 12.3. The second-order valence-corrected chi connectivity index (χ2v) is 7.10. The molecule has 3 nitrogen and oxygen atoms in total. The molecule has 1 N–H and O–H groups in total. The Balaban J connectivity index is 2.02. The van der Waals surface area contributed by atoms with Crippen molar-refractivity contribution in [2.75, 3.05) is 0 Å². The summed E-state index contributed by atoms with van der Waals surface area (Å²) < 4.78 is 0. The lowest BCUT2D eigenvalue weighted by Crippen LogP contribution is -2.20. The average Bonchev–Trinajstić information content (AvgIpc) is 2.78. The molecule has 0 bridgehead atoms. The molecule has 1 aliphatic rings. The van der Waals surface area contributed by atoms with Gasteiger partial charge in [-0.3, -0.25) is 4.79 Å². The number of aromatic nitrogens is 1. The molecule has 0 aromatic carbocycles. The van der Waals surface area contributed by atoms with Crippen LogP contribution in [-0.2, 0) is 10.2 Å². The summed E-state index contributed by atoms with van der Waals surface area (Å²) in [6.07, 6.45) is 3.52. The number of carboxylic acids is 1. The topological polar surface area (TPSA) is 50.2 Å². The van der Waals surface area contributed by atoms with Crippen molar-refractivity contribution in [3.8, 4) is 0 Å². The zero-order chi connectivity index (χ0) is 13.3. The molecule has 0 saturated heterocycles. The molecule has 1 aromatic heterocycles. The van der Waals surface area contributed by atoms with Crippen molar-refractivity contribution < 1.29 is 9.90 Å². The predicted molar refractivity (Wildman–Crippen MR) is 73.1 cm³/mol. The van der Waals surface area contributed by atoms with Crippen LogP contribution in [0.1, 0.15) is 63.1 Å². The molecular formula is C14H21NO2S. The highest BCUT2D eigenvalue weighted by molar-refractivity contribution is 7.09. The molecule has 1 aliphatic carbocycles. The SMILES string of the molecule is CC(C)(C)c1csc(C2CCC(C(=O)O)CC2)n1. The van der Waals surface area contributed by atoms with E-state index in [9.17, 15) is 4.79 Å². The monoisotopic (exact) mass is 267 g/mol. The largest absolute Gasteiger partial charge is 0.481 e. The van der Waals surface area contributed by atoms with Gasteiger partial charge in [-0.1, -0.05) is 20.8 Å². The molecule has 0 radical (unpaired) electrons. The summed E-state index contributed by atoms with van der Waals surface area (Å²) in [7, 11) is 0. The van der Waals surface area contributed by atoms with E-state index in [1.807, 2.05) is 0 Å². The number of aliphatic carboxylic acids is 1. The minimum Gasteiger partial charge on any atom is -0.481 e. The zero-order valence-electron chi connectivity index (χ0n) is 11.3. The minimum absolute atomic E-state index is 0.104. The fourth-order valence-electron chi connectivity index (χ4n) is 2.41. The van der Waals surface area contributed by atoms with Gasteiger partial charge in [0.25, 0.3) is 0 Å². The van der Waals surface area contributed by atoms with Crippen molar-refractivity contribution >= 4 is 17.3 Å². The first kappa shape index (κ1) is 13.5. The third-order valence-electron chi connectivity index (χ3n) is 3.72. The van der Waals surface area contributed by atoms with Gasteiger partial charge in [0, 0.05) is 16.7 Å². The summed E-state index contributed by atoms with van der Waals surface area (Å²) >= 11 is 1.73. The molecule has 1 aromatic rings. The van der Waals surface area contributed by atoms with E-state index in [1.54, 1.807) is 11.3 Å². The summed E-state index contributed by atoms with van der Waals surface area (Å²) in [5.41, 5.74) is 1.26. The maximum Gasteiger partial charge on any atom is 0.306 e. The zero-order valence-corrected chi connectivity index (χ0v) is 12.1. The number of hydrogen-bond acceptors (Lipinski definition) is 3. The number of hydrogen-bond donors (Lipinski definition) is 1. The fraction of sp³-hybridized carbons (Fsp3) is 0.714. The summed E-state index contributed by atoms with van der Waals surface area (Å²) in [4.78, 5) is 15.7. The van der Waals surface area contributed by atoms with Crippen molar-refractivity contribution in [1.29, 1.82) is 0 Å². The van der Waals surface area contributed by atoms with Gasteiger partial charge in [0.2, 0.25) is 0 Å². The van der Waals surface area contributed by atoms with E-state index in [2.05, 4.69) is 26.2 Å². The normalized spacial score (nSPS) is 25.1. The lowest BCUT2D eigenvalue weighted by atomic mass is 9.82. The number of nitrogens with zero attached hydrogens (tertiary/aromatic N) is 1. The fourth-order valence-corrected chi connectivity index (χ4v) is 3.62. The van der Waals surface area contributed by atoms with Gasteiger partial charge in [-0.15, -0.1) is 11.3 Å². The van der Waals surface area contributed by atoms with Crippen LogP contribution < -0.4 is 0 Å². The quantitative estimate of drug-likeness (QED) is 0.886. The molecule has 0 amide bonds. The standard InChI is InChI=1S/C14H21NO2S/c1-14(2,3)11-8-18-12(15-11)9-4-6-10(7-5-9)13(16)17/h8-10H,4-7H2,1-3H3,(H,16,17). The van der Waals surface area contributed by atoms with E-state index in [0.717, 1.165) is 31.4 Å². The second kappa shape index (κ2) is 5.00. The molecule has 100 valence electrons. The summed E-state index contributed by atoms with van der Waals surface area (Å²) in [6.45, 7) is 6.52. The van der Waals surface area contributed by atoms with Crippen molar-refractivity contribution in [2.24, 2.45) is 5.92 Å². The first-order chi connectivity index (χ1) is 8.38. The van der Waals surface area contributed by atoms with Crippen LogP contribution in [0.2, 0.25) is 0 Å². The molecule has 2 rings (SSSR count). The Kier molecular flexibility index (Phi) is 3.76. The lowest BCUT2D eigenvalue weighted by Gasteiger charge is -2.24. The van der Waals surface area contributed by atoms with Crippen LogP contribution in [-0.4, -0.2) is 16.1 Å². The third kappa shape index (κ3) is 2.91. The van der Waals surface area contributed by atoms with E-state index < -0.39 is 5.97 Å². The Labute approximate surface area is 112 Å².